The Morgan fingerprint density at radius 2 is 1.70 bits per heavy atom. The van der Waals surface area contributed by atoms with Gasteiger partial charge in [0.05, 0.1) is 4.90 Å². The van der Waals surface area contributed by atoms with Crippen LogP contribution < -0.4 is 10.5 Å². The topological polar surface area (TPSA) is 78.7 Å². The molecular formula is C18H21ClN4O2S2. The molecule has 1 saturated heterocycles. The number of hydrogen-bond donors (Lipinski definition) is 2. The number of hydrogen-bond acceptors (Lipinski definition) is 4. The zero-order chi connectivity index (χ0) is 19.4. The number of benzene rings is 2. The van der Waals surface area contributed by atoms with Gasteiger partial charge >= 0.3 is 0 Å². The molecule has 0 radical (unpaired) electrons. The minimum Gasteiger partial charge on any atom is -0.346 e. The van der Waals surface area contributed by atoms with E-state index in [1.807, 2.05) is 24.3 Å². The van der Waals surface area contributed by atoms with Crippen molar-refractivity contribution in [3.8, 4) is 0 Å². The van der Waals surface area contributed by atoms with E-state index < -0.39 is 10.0 Å². The van der Waals surface area contributed by atoms with Gasteiger partial charge < -0.3 is 10.2 Å². The normalized spacial score (nSPS) is 15.6. The van der Waals surface area contributed by atoms with Crippen LogP contribution >= 0.6 is 23.8 Å². The molecular weight excluding hydrogens is 404 g/mol. The Balaban J connectivity index is 1.52. The molecule has 2 aromatic rings. The number of anilines is 1. The SMILES string of the molecule is NS(=O)(=O)c1ccc(NC(=S)N2CCN(Cc3ccccc3Cl)CC2)cc1. The van der Waals surface area contributed by atoms with Gasteiger partial charge in [-0.15, -0.1) is 0 Å². The molecule has 6 nitrogen and oxygen atoms in total. The Bertz CT molecular complexity index is 911. The second-order valence-corrected chi connectivity index (χ2v) is 8.71. The van der Waals surface area contributed by atoms with Crippen LogP contribution in [0, 0.1) is 0 Å². The molecule has 0 unspecified atom stereocenters. The highest BCUT2D eigenvalue weighted by Gasteiger charge is 2.19. The number of nitrogens with zero attached hydrogens (tertiary/aromatic N) is 2. The van der Waals surface area contributed by atoms with E-state index in [2.05, 4.69) is 15.1 Å². The molecule has 1 aliphatic rings. The number of nitrogens with one attached hydrogen (secondary N) is 1. The van der Waals surface area contributed by atoms with E-state index in [0.717, 1.165) is 49.0 Å². The monoisotopic (exact) mass is 424 g/mol. The van der Waals surface area contributed by atoms with Crippen molar-refractivity contribution in [2.45, 2.75) is 11.4 Å². The summed E-state index contributed by atoms with van der Waals surface area (Å²) in [5.41, 5.74) is 1.86. The predicted octanol–water partition coefficient (Wildman–Crippen LogP) is 2.50. The smallest absolute Gasteiger partial charge is 0.238 e. The van der Waals surface area contributed by atoms with Gasteiger partial charge in [-0.2, -0.15) is 0 Å². The number of primary sulfonamides is 1. The van der Waals surface area contributed by atoms with Gasteiger partial charge in [0.1, 0.15) is 0 Å². The largest absolute Gasteiger partial charge is 0.346 e. The van der Waals surface area contributed by atoms with Gasteiger partial charge in [-0.05, 0) is 48.1 Å². The molecule has 1 heterocycles. The molecule has 0 atom stereocenters. The fourth-order valence-corrected chi connectivity index (χ4v) is 3.92. The number of sulfonamides is 1. The summed E-state index contributed by atoms with van der Waals surface area (Å²) < 4.78 is 22.6. The molecule has 0 aromatic heterocycles. The third kappa shape index (κ3) is 5.40. The second kappa shape index (κ2) is 8.53. The number of thiocarbonyl (C=S) groups is 1. The third-order valence-corrected chi connectivity index (χ3v) is 6.10. The lowest BCUT2D eigenvalue weighted by atomic mass is 10.2. The van der Waals surface area contributed by atoms with Crippen molar-refractivity contribution in [1.82, 2.24) is 9.80 Å². The quantitative estimate of drug-likeness (QED) is 0.734. The maximum atomic E-state index is 11.3. The Labute approximate surface area is 170 Å². The minimum atomic E-state index is -3.69. The van der Waals surface area contributed by atoms with E-state index in [9.17, 15) is 8.42 Å². The molecule has 0 aliphatic carbocycles. The summed E-state index contributed by atoms with van der Waals surface area (Å²) in [5.74, 6) is 0. The van der Waals surface area contributed by atoms with Crippen LogP contribution in [0.3, 0.4) is 0 Å². The molecule has 27 heavy (non-hydrogen) atoms. The van der Waals surface area contributed by atoms with Crippen LogP contribution in [-0.4, -0.2) is 49.5 Å². The fourth-order valence-electron chi connectivity index (χ4n) is 2.91. The lowest BCUT2D eigenvalue weighted by molar-refractivity contribution is 0.177. The molecule has 3 N–H and O–H groups in total. The van der Waals surface area contributed by atoms with Crippen LogP contribution in [0.1, 0.15) is 5.56 Å². The van der Waals surface area contributed by atoms with Crippen molar-refractivity contribution in [2.24, 2.45) is 5.14 Å². The van der Waals surface area contributed by atoms with Crippen molar-refractivity contribution in [3.05, 3.63) is 59.1 Å². The Kier molecular flexibility index (Phi) is 6.33. The van der Waals surface area contributed by atoms with E-state index in [-0.39, 0.29) is 4.90 Å². The van der Waals surface area contributed by atoms with Crippen molar-refractivity contribution in [2.75, 3.05) is 31.5 Å². The fraction of sp³-hybridized carbons (Fsp3) is 0.278. The number of halogens is 1. The van der Waals surface area contributed by atoms with E-state index >= 15 is 0 Å². The van der Waals surface area contributed by atoms with Crippen molar-refractivity contribution in [1.29, 1.82) is 0 Å². The van der Waals surface area contributed by atoms with E-state index in [0.29, 0.717) is 5.11 Å². The van der Waals surface area contributed by atoms with Crippen LogP contribution in [0.25, 0.3) is 0 Å². The van der Waals surface area contributed by atoms with Gasteiger partial charge in [0.15, 0.2) is 5.11 Å². The minimum absolute atomic E-state index is 0.0761. The molecule has 144 valence electrons. The summed E-state index contributed by atoms with van der Waals surface area (Å²) >= 11 is 11.7. The predicted molar refractivity (Wildman–Crippen MR) is 112 cm³/mol. The maximum Gasteiger partial charge on any atom is 0.238 e. The Morgan fingerprint density at radius 3 is 2.30 bits per heavy atom. The number of piperazine rings is 1. The molecule has 1 aliphatic heterocycles. The zero-order valence-corrected chi connectivity index (χ0v) is 17.0. The van der Waals surface area contributed by atoms with Gasteiger partial charge in [0, 0.05) is 43.4 Å². The van der Waals surface area contributed by atoms with E-state index in [4.69, 9.17) is 29.0 Å². The standard InChI is InChI=1S/C18H21ClN4O2S2/c19-17-4-2-1-3-14(17)13-22-9-11-23(12-10-22)18(26)21-15-5-7-16(8-6-15)27(20,24)25/h1-8H,9-13H2,(H,21,26)(H2,20,24,25). The lowest BCUT2D eigenvalue weighted by Crippen LogP contribution is -2.49. The van der Waals surface area contributed by atoms with Gasteiger partial charge in [-0.3, -0.25) is 4.90 Å². The first kappa shape index (κ1) is 20.0. The van der Waals surface area contributed by atoms with Crippen molar-refractivity contribution >= 4 is 44.6 Å². The highest BCUT2D eigenvalue weighted by atomic mass is 35.5. The second-order valence-electron chi connectivity index (χ2n) is 6.35. The molecule has 0 spiro atoms. The van der Waals surface area contributed by atoms with E-state index in [1.165, 1.54) is 12.1 Å². The molecule has 0 bridgehead atoms. The highest BCUT2D eigenvalue weighted by Crippen LogP contribution is 2.18. The zero-order valence-electron chi connectivity index (χ0n) is 14.6. The van der Waals surface area contributed by atoms with Crippen LogP contribution in [0.15, 0.2) is 53.4 Å². The first-order chi connectivity index (χ1) is 12.8. The molecule has 0 amide bonds. The molecule has 3 rings (SSSR count). The number of rotatable bonds is 4. The van der Waals surface area contributed by atoms with Crippen molar-refractivity contribution < 1.29 is 8.42 Å². The van der Waals surface area contributed by atoms with Gasteiger partial charge in [-0.1, -0.05) is 29.8 Å². The molecule has 2 aromatic carbocycles. The van der Waals surface area contributed by atoms with E-state index in [1.54, 1.807) is 12.1 Å². The molecule has 9 heteroatoms. The van der Waals surface area contributed by atoms with Gasteiger partial charge in [0.2, 0.25) is 10.0 Å². The third-order valence-electron chi connectivity index (χ3n) is 4.45. The average molecular weight is 425 g/mol. The lowest BCUT2D eigenvalue weighted by Gasteiger charge is -2.36. The molecule has 0 saturated carbocycles. The number of nitrogens with two attached hydrogens (primary N) is 1. The summed E-state index contributed by atoms with van der Waals surface area (Å²) in [6.07, 6.45) is 0. The van der Waals surface area contributed by atoms with Crippen molar-refractivity contribution in [3.63, 3.8) is 0 Å². The first-order valence-corrected chi connectivity index (χ1v) is 10.8. The van der Waals surface area contributed by atoms with Crippen LogP contribution in [-0.2, 0) is 16.6 Å². The summed E-state index contributed by atoms with van der Waals surface area (Å²) in [5, 5.41) is 9.67. The average Bonchev–Trinajstić information content (AvgIpc) is 2.64. The summed E-state index contributed by atoms with van der Waals surface area (Å²) in [6, 6.07) is 14.1. The highest BCUT2D eigenvalue weighted by molar-refractivity contribution is 7.89. The summed E-state index contributed by atoms with van der Waals surface area (Å²) in [4.78, 5) is 4.53. The van der Waals surface area contributed by atoms with Crippen LogP contribution in [0.2, 0.25) is 5.02 Å². The summed E-state index contributed by atoms with van der Waals surface area (Å²) in [7, 11) is -3.69. The Hall–Kier alpha value is -1.71. The van der Waals surface area contributed by atoms with Crippen LogP contribution in [0.4, 0.5) is 5.69 Å². The molecule has 1 fully saturated rings. The van der Waals surface area contributed by atoms with Gasteiger partial charge in [0.25, 0.3) is 0 Å². The maximum absolute atomic E-state index is 11.3. The summed E-state index contributed by atoms with van der Waals surface area (Å²) in [6.45, 7) is 4.22. The first-order valence-electron chi connectivity index (χ1n) is 8.47. The van der Waals surface area contributed by atoms with Gasteiger partial charge in [-0.25, -0.2) is 13.6 Å². The Morgan fingerprint density at radius 1 is 1.07 bits per heavy atom. The van der Waals surface area contributed by atoms with Crippen LogP contribution in [0.5, 0.6) is 0 Å².